The van der Waals surface area contributed by atoms with Gasteiger partial charge in [-0.1, -0.05) is 13.8 Å². The van der Waals surface area contributed by atoms with Gasteiger partial charge < -0.3 is 10.1 Å². The Labute approximate surface area is 87.0 Å². The second kappa shape index (κ2) is 10.3. The summed E-state index contributed by atoms with van der Waals surface area (Å²) in [4.78, 5) is 0. The van der Waals surface area contributed by atoms with Crippen molar-refractivity contribution in [1.29, 1.82) is 0 Å². The molecule has 0 aliphatic rings. The summed E-state index contributed by atoms with van der Waals surface area (Å²) in [5.41, 5.74) is 0. The summed E-state index contributed by atoms with van der Waals surface area (Å²) in [6.45, 7) is 7.98. The Kier molecular flexibility index (Phi) is 10.5. The molecule has 80 valence electrons. The van der Waals surface area contributed by atoms with Crippen molar-refractivity contribution in [2.45, 2.75) is 26.7 Å². The predicted molar refractivity (Wildman–Crippen MR) is 58.5 cm³/mol. The van der Waals surface area contributed by atoms with Crippen LogP contribution in [0, 0.1) is 5.92 Å². The van der Waals surface area contributed by atoms with E-state index in [1.165, 1.54) is 12.8 Å². The molecule has 0 heterocycles. The molecule has 1 N–H and O–H groups in total. The number of hydrogen-bond donors (Lipinski definition) is 1. The molecule has 0 fully saturated rings. The Balaban J connectivity index is 2.84. The SMILES string of the molecule is CC(C)CCCNCCOCCCl. The number of hydrogen-bond acceptors (Lipinski definition) is 2. The lowest BCUT2D eigenvalue weighted by atomic mass is 10.1. The van der Waals surface area contributed by atoms with Crippen molar-refractivity contribution in [2.24, 2.45) is 5.92 Å². The molecule has 0 amide bonds. The minimum absolute atomic E-state index is 0.591. The monoisotopic (exact) mass is 207 g/mol. The Morgan fingerprint density at radius 3 is 2.62 bits per heavy atom. The number of nitrogens with one attached hydrogen (secondary N) is 1. The molecular formula is C10H22ClNO. The lowest BCUT2D eigenvalue weighted by molar-refractivity contribution is 0.151. The van der Waals surface area contributed by atoms with E-state index >= 15 is 0 Å². The second-order valence-electron chi connectivity index (χ2n) is 3.59. The van der Waals surface area contributed by atoms with Gasteiger partial charge in [0, 0.05) is 12.4 Å². The summed E-state index contributed by atoms with van der Waals surface area (Å²) in [6.07, 6.45) is 2.56. The summed E-state index contributed by atoms with van der Waals surface area (Å²) in [6, 6.07) is 0. The highest BCUT2D eigenvalue weighted by atomic mass is 35.5. The van der Waals surface area contributed by atoms with E-state index in [0.717, 1.165) is 25.6 Å². The first kappa shape index (κ1) is 13.2. The summed E-state index contributed by atoms with van der Waals surface area (Å²) >= 11 is 5.45. The molecular weight excluding hydrogens is 186 g/mol. The minimum Gasteiger partial charge on any atom is -0.379 e. The highest BCUT2D eigenvalue weighted by molar-refractivity contribution is 6.17. The van der Waals surface area contributed by atoms with Crippen LogP contribution in [0.3, 0.4) is 0 Å². The molecule has 0 bridgehead atoms. The lowest BCUT2D eigenvalue weighted by Gasteiger charge is -2.06. The maximum absolute atomic E-state index is 5.45. The zero-order valence-corrected chi connectivity index (χ0v) is 9.57. The molecule has 0 aliphatic carbocycles. The lowest BCUT2D eigenvalue weighted by Crippen LogP contribution is -2.21. The highest BCUT2D eigenvalue weighted by Crippen LogP contribution is 2.01. The Morgan fingerprint density at radius 2 is 2.00 bits per heavy atom. The van der Waals surface area contributed by atoms with Gasteiger partial charge in [-0.2, -0.15) is 0 Å². The van der Waals surface area contributed by atoms with Crippen molar-refractivity contribution in [3.8, 4) is 0 Å². The van der Waals surface area contributed by atoms with Gasteiger partial charge in [0.05, 0.1) is 13.2 Å². The predicted octanol–water partition coefficient (Wildman–Crippen LogP) is 2.27. The second-order valence-corrected chi connectivity index (χ2v) is 3.97. The maximum atomic E-state index is 5.45. The topological polar surface area (TPSA) is 21.3 Å². The molecule has 0 aromatic rings. The number of alkyl halides is 1. The smallest absolute Gasteiger partial charge is 0.0602 e. The molecule has 0 saturated carbocycles. The summed E-state index contributed by atoms with van der Waals surface area (Å²) in [5, 5.41) is 3.33. The molecule has 0 rings (SSSR count). The molecule has 0 atom stereocenters. The van der Waals surface area contributed by atoms with E-state index in [9.17, 15) is 0 Å². The fourth-order valence-electron chi connectivity index (χ4n) is 1.06. The van der Waals surface area contributed by atoms with Crippen LogP contribution >= 0.6 is 11.6 Å². The van der Waals surface area contributed by atoms with Gasteiger partial charge in [-0.15, -0.1) is 11.6 Å². The summed E-state index contributed by atoms with van der Waals surface area (Å²) < 4.78 is 5.22. The van der Waals surface area contributed by atoms with Crippen LogP contribution < -0.4 is 5.32 Å². The first-order chi connectivity index (χ1) is 6.27. The quantitative estimate of drug-likeness (QED) is 0.463. The zero-order chi connectivity index (χ0) is 9.94. The van der Waals surface area contributed by atoms with Crippen LogP contribution in [0.4, 0.5) is 0 Å². The van der Waals surface area contributed by atoms with Gasteiger partial charge in [-0.3, -0.25) is 0 Å². The van der Waals surface area contributed by atoms with Crippen molar-refractivity contribution in [3.05, 3.63) is 0 Å². The van der Waals surface area contributed by atoms with E-state index in [1.54, 1.807) is 0 Å². The average molecular weight is 208 g/mol. The van der Waals surface area contributed by atoms with Gasteiger partial charge in [-0.25, -0.2) is 0 Å². The molecule has 13 heavy (non-hydrogen) atoms. The molecule has 0 aliphatic heterocycles. The highest BCUT2D eigenvalue weighted by Gasteiger charge is 1.93. The molecule has 0 aromatic carbocycles. The van der Waals surface area contributed by atoms with Crippen LogP contribution in [-0.4, -0.2) is 32.2 Å². The summed E-state index contributed by atoms with van der Waals surface area (Å²) in [5.74, 6) is 1.40. The van der Waals surface area contributed by atoms with Crippen LogP contribution in [0.2, 0.25) is 0 Å². The third-order valence-electron chi connectivity index (χ3n) is 1.78. The fourth-order valence-corrected chi connectivity index (χ4v) is 1.17. The molecule has 2 nitrogen and oxygen atoms in total. The van der Waals surface area contributed by atoms with Gasteiger partial charge >= 0.3 is 0 Å². The van der Waals surface area contributed by atoms with E-state index in [0.29, 0.717) is 12.5 Å². The van der Waals surface area contributed by atoms with Crippen LogP contribution in [0.1, 0.15) is 26.7 Å². The standard InChI is InChI=1S/C10H22ClNO/c1-10(2)4-3-6-12-7-9-13-8-5-11/h10,12H,3-9H2,1-2H3. The molecule has 0 radical (unpaired) electrons. The third-order valence-corrected chi connectivity index (χ3v) is 1.93. The van der Waals surface area contributed by atoms with Crippen LogP contribution in [0.15, 0.2) is 0 Å². The average Bonchev–Trinajstić information content (AvgIpc) is 2.09. The van der Waals surface area contributed by atoms with Crippen molar-refractivity contribution >= 4 is 11.6 Å². The normalized spacial score (nSPS) is 11.1. The van der Waals surface area contributed by atoms with Crippen molar-refractivity contribution in [1.82, 2.24) is 5.32 Å². The molecule has 3 heteroatoms. The third kappa shape index (κ3) is 12.2. The fraction of sp³-hybridized carbons (Fsp3) is 1.00. The maximum Gasteiger partial charge on any atom is 0.0602 e. The molecule has 0 aromatic heterocycles. The van der Waals surface area contributed by atoms with Gasteiger partial charge in [0.25, 0.3) is 0 Å². The largest absolute Gasteiger partial charge is 0.379 e. The zero-order valence-electron chi connectivity index (χ0n) is 8.81. The molecule has 0 unspecified atom stereocenters. The van der Waals surface area contributed by atoms with Crippen LogP contribution in [0.25, 0.3) is 0 Å². The molecule has 0 saturated heterocycles. The number of ether oxygens (including phenoxy) is 1. The van der Waals surface area contributed by atoms with E-state index < -0.39 is 0 Å². The van der Waals surface area contributed by atoms with Gasteiger partial charge in [0.1, 0.15) is 0 Å². The number of rotatable bonds is 9. The number of halogens is 1. The Hall–Kier alpha value is 0.210. The van der Waals surface area contributed by atoms with Gasteiger partial charge in [-0.05, 0) is 25.3 Å². The van der Waals surface area contributed by atoms with Gasteiger partial charge in [0.15, 0.2) is 0 Å². The molecule has 0 spiro atoms. The Bertz CT molecular complexity index is 98.9. The first-order valence-corrected chi connectivity index (χ1v) is 5.65. The van der Waals surface area contributed by atoms with E-state index in [4.69, 9.17) is 16.3 Å². The van der Waals surface area contributed by atoms with Gasteiger partial charge in [0.2, 0.25) is 0 Å². The van der Waals surface area contributed by atoms with Crippen LogP contribution in [0.5, 0.6) is 0 Å². The van der Waals surface area contributed by atoms with Crippen molar-refractivity contribution in [2.75, 3.05) is 32.2 Å². The minimum atomic E-state index is 0.591. The summed E-state index contributed by atoms with van der Waals surface area (Å²) in [7, 11) is 0. The Morgan fingerprint density at radius 1 is 1.23 bits per heavy atom. The van der Waals surface area contributed by atoms with Crippen molar-refractivity contribution < 1.29 is 4.74 Å². The first-order valence-electron chi connectivity index (χ1n) is 5.11. The van der Waals surface area contributed by atoms with E-state index in [2.05, 4.69) is 19.2 Å². The van der Waals surface area contributed by atoms with Crippen molar-refractivity contribution in [3.63, 3.8) is 0 Å². The van der Waals surface area contributed by atoms with E-state index in [1.807, 2.05) is 0 Å². The van der Waals surface area contributed by atoms with E-state index in [-0.39, 0.29) is 0 Å². The van der Waals surface area contributed by atoms with Crippen LogP contribution in [-0.2, 0) is 4.74 Å².